The normalized spacial score (nSPS) is 10.7. The highest BCUT2D eigenvalue weighted by atomic mass is 19.1. The lowest BCUT2D eigenvalue weighted by atomic mass is 10.0. The van der Waals surface area contributed by atoms with Gasteiger partial charge < -0.3 is 5.32 Å². The third-order valence-electron chi connectivity index (χ3n) is 5.21. The molecule has 5 aromatic rings. The predicted octanol–water partition coefficient (Wildman–Crippen LogP) is 6.02. The average Bonchev–Trinajstić information content (AvgIpc) is 2.89. The van der Waals surface area contributed by atoms with Crippen LogP contribution in [0, 0.1) is 5.82 Å². The minimum atomic E-state index is -0.265. The third kappa shape index (κ3) is 4.60. The number of rotatable bonds is 6. The van der Waals surface area contributed by atoms with Gasteiger partial charge in [-0.15, -0.1) is 10.2 Å². The fraction of sp³-hybridized carbons (Fsp3) is 0.0370. The Kier molecular flexibility index (Phi) is 5.80. The number of pyridine rings is 1. The Morgan fingerprint density at radius 1 is 0.727 bits per heavy atom. The maximum Gasteiger partial charge on any atom is 0.202 e. The molecule has 2 aromatic heterocycles. The monoisotopic (exact) mass is 433 g/mol. The SMILES string of the molecule is Fc1cc(CNc2nc(-c3ccccn3)nnc2-c2ccccc2)ccc1-c1ccccc1. The Labute approximate surface area is 191 Å². The third-order valence-corrected chi connectivity index (χ3v) is 5.21. The Hall–Kier alpha value is -4.45. The van der Waals surface area contributed by atoms with Crippen molar-refractivity contribution in [2.75, 3.05) is 5.32 Å². The van der Waals surface area contributed by atoms with Crippen LogP contribution in [0.25, 0.3) is 33.9 Å². The smallest absolute Gasteiger partial charge is 0.202 e. The summed E-state index contributed by atoms with van der Waals surface area (Å²) in [7, 11) is 0. The van der Waals surface area contributed by atoms with Gasteiger partial charge in [0.15, 0.2) is 5.82 Å². The second-order valence-corrected chi connectivity index (χ2v) is 7.45. The first-order valence-corrected chi connectivity index (χ1v) is 10.6. The van der Waals surface area contributed by atoms with E-state index in [-0.39, 0.29) is 5.82 Å². The number of nitrogens with one attached hydrogen (secondary N) is 1. The van der Waals surface area contributed by atoms with E-state index in [1.165, 1.54) is 0 Å². The molecule has 1 N–H and O–H groups in total. The predicted molar refractivity (Wildman–Crippen MR) is 128 cm³/mol. The van der Waals surface area contributed by atoms with Crippen LogP contribution in [0.2, 0.25) is 0 Å². The van der Waals surface area contributed by atoms with Crippen LogP contribution in [0.4, 0.5) is 10.2 Å². The summed E-state index contributed by atoms with van der Waals surface area (Å²) >= 11 is 0. The van der Waals surface area contributed by atoms with E-state index in [1.54, 1.807) is 18.3 Å². The van der Waals surface area contributed by atoms with Crippen LogP contribution in [0.1, 0.15) is 5.56 Å². The van der Waals surface area contributed by atoms with E-state index in [1.807, 2.05) is 84.9 Å². The van der Waals surface area contributed by atoms with Crippen molar-refractivity contribution in [1.29, 1.82) is 0 Å². The molecular weight excluding hydrogens is 413 g/mol. The van der Waals surface area contributed by atoms with Gasteiger partial charge in [-0.05, 0) is 29.3 Å². The summed E-state index contributed by atoms with van der Waals surface area (Å²) < 4.78 is 14.8. The van der Waals surface area contributed by atoms with Crippen LogP contribution >= 0.6 is 0 Å². The number of benzene rings is 3. The fourth-order valence-corrected chi connectivity index (χ4v) is 3.55. The molecule has 0 atom stereocenters. The molecule has 3 aromatic carbocycles. The lowest BCUT2D eigenvalue weighted by Gasteiger charge is -2.12. The zero-order valence-corrected chi connectivity index (χ0v) is 17.7. The van der Waals surface area contributed by atoms with E-state index in [0.29, 0.717) is 35.1 Å². The molecule has 2 heterocycles. The van der Waals surface area contributed by atoms with Crippen LogP contribution in [0.5, 0.6) is 0 Å². The van der Waals surface area contributed by atoms with Gasteiger partial charge in [0.25, 0.3) is 0 Å². The van der Waals surface area contributed by atoms with Gasteiger partial charge in [-0.1, -0.05) is 78.9 Å². The van der Waals surface area contributed by atoms with Gasteiger partial charge in [0.1, 0.15) is 17.2 Å². The van der Waals surface area contributed by atoms with Gasteiger partial charge in [0.2, 0.25) is 5.82 Å². The molecule has 0 aliphatic rings. The molecule has 0 amide bonds. The molecule has 33 heavy (non-hydrogen) atoms. The number of hydrogen-bond acceptors (Lipinski definition) is 5. The second-order valence-electron chi connectivity index (χ2n) is 7.45. The van der Waals surface area contributed by atoms with E-state index in [9.17, 15) is 4.39 Å². The largest absolute Gasteiger partial charge is 0.364 e. The number of halogens is 1. The highest BCUT2D eigenvalue weighted by Crippen LogP contribution is 2.27. The second kappa shape index (κ2) is 9.36. The molecule has 6 heteroatoms. The van der Waals surface area contributed by atoms with Crippen molar-refractivity contribution >= 4 is 5.82 Å². The first-order chi connectivity index (χ1) is 16.3. The zero-order valence-electron chi connectivity index (χ0n) is 17.7. The van der Waals surface area contributed by atoms with Crippen molar-refractivity contribution in [3.63, 3.8) is 0 Å². The number of nitrogens with zero attached hydrogens (tertiary/aromatic N) is 4. The summed E-state index contributed by atoms with van der Waals surface area (Å²) in [4.78, 5) is 9.00. The van der Waals surface area contributed by atoms with E-state index in [0.717, 1.165) is 16.7 Å². The molecule has 0 saturated carbocycles. The maximum atomic E-state index is 14.8. The Morgan fingerprint density at radius 2 is 1.45 bits per heavy atom. The van der Waals surface area contributed by atoms with Crippen molar-refractivity contribution in [2.45, 2.75) is 6.54 Å². The van der Waals surface area contributed by atoms with Gasteiger partial charge in [-0.2, -0.15) is 0 Å². The topological polar surface area (TPSA) is 63.6 Å². The van der Waals surface area contributed by atoms with E-state index >= 15 is 0 Å². The van der Waals surface area contributed by atoms with E-state index in [2.05, 4.69) is 25.5 Å². The number of aromatic nitrogens is 4. The molecule has 5 nitrogen and oxygen atoms in total. The summed E-state index contributed by atoms with van der Waals surface area (Å²) in [6, 6.07) is 30.0. The number of hydrogen-bond donors (Lipinski definition) is 1. The van der Waals surface area contributed by atoms with Crippen molar-refractivity contribution in [3.05, 3.63) is 115 Å². The Bertz CT molecular complexity index is 1360. The van der Waals surface area contributed by atoms with Crippen LogP contribution < -0.4 is 5.32 Å². The fourth-order valence-electron chi connectivity index (χ4n) is 3.55. The highest BCUT2D eigenvalue weighted by molar-refractivity contribution is 5.72. The van der Waals surface area contributed by atoms with Gasteiger partial charge in [-0.25, -0.2) is 9.37 Å². The minimum Gasteiger partial charge on any atom is -0.364 e. The van der Waals surface area contributed by atoms with Crippen molar-refractivity contribution in [3.8, 4) is 33.9 Å². The molecule has 0 aliphatic carbocycles. The summed E-state index contributed by atoms with van der Waals surface area (Å²) in [6.07, 6.45) is 1.69. The molecule has 0 radical (unpaired) electrons. The quantitative estimate of drug-likeness (QED) is 0.355. The van der Waals surface area contributed by atoms with Gasteiger partial charge in [0.05, 0.1) is 0 Å². The molecule has 0 spiro atoms. The first kappa shape index (κ1) is 20.5. The van der Waals surface area contributed by atoms with Crippen LogP contribution in [0.3, 0.4) is 0 Å². The van der Waals surface area contributed by atoms with Crippen LogP contribution in [0.15, 0.2) is 103 Å². The molecule has 0 bridgehead atoms. The van der Waals surface area contributed by atoms with Gasteiger partial charge in [0, 0.05) is 23.9 Å². The molecule has 0 saturated heterocycles. The molecule has 0 unspecified atom stereocenters. The minimum absolute atomic E-state index is 0.265. The molecule has 5 rings (SSSR count). The van der Waals surface area contributed by atoms with Crippen molar-refractivity contribution in [1.82, 2.24) is 20.2 Å². The van der Waals surface area contributed by atoms with Crippen LogP contribution in [-0.2, 0) is 6.54 Å². The lowest BCUT2D eigenvalue weighted by molar-refractivity contribution is 0.629. The summed E-state index contributed by atoms with van der Waals surface area (Å²) in [6.45, 7) is 0.381. The van der Waals surface area contributed by atoms with Crippen molar-refractivity contribution in [2.24, 2.45) is 0 Å². The van der Waals surface area contributed by atoms with Crippen LogP contribution in [-0.4, -0.2) is 20.2 Å². The summed E-state index contributed by atoms with van der Waals surface area (Å²) in [5.74, 6) is 0.714. The molecule has 0 fully saturated rings. The lowest BCUT2D eigenvalue weighted by Crippen LogP contribution is -2.08. The van der Waals surface area contributed by atoms with Crippen molar-refractivity contribution < 1.29 is 4.39 Å². The van der Waals surface area contributed by atoms with Gasteiger partial charge in [-0.3, -0.25) is 4.98 Å². The average molecular weight is 433 g/mol. The Morgan fingerprint density at radius 3 is 2.15 bits per heavy atom. The Balaban J connectivity index is 1.45. The molecule has 0 aliphatic heterocycles. The van der Waals surface area contributed by atoms with Gasteiger partial charge >= 0.3 is 0 Å². The summed E-state index contributed by atoms with van der Waals surface area (Å²) in [5, 5.41) is 12.0. The highest BCUT2D eigenvalue weighted by Gasteiger charge is 2.14. The van der Waals surface area contributed by atoms with E-state index < -0.39 is 0 Å². The standard InChI is InChI=1S/C27H20FN5/c28-23-17-19(14-15-22(23)20-9-3-1-4-10-20)18-30-27-25(21-11-5-2-6-12-21)32-33-26(31-27)24-13-7-8-16-29-24/h1-17H,18H2,(H,30,31,33). The number of anilines is 1. The molecular formula is C27H20FN5. The van der Waals surface area contributed by atoms with E-state index in [4.69, 9.17) is 0 Å². The first-order valence-electron chi connectivity index (χ1n) is 10.6. The maximum absolute atomic E-state index is 14.8. The summed E-state index contributed by atoms with van der Waals surface area (Å²) in [5.41, 5.74) is 4.36. The zero-order chi connectivity index (χ0) is 22.5. The molecule has 160 valence electrons.